The molecule has 0 aliphatic heterocycles. The highest BCUT2D eigenvalue weighted by Crippen LogP contribution is 2.17. The van der Waals surface area contributed by atoms with Crippen molar-refractivity contribution in [3.8, 4) is 0 Å². The summed E-state index contributed by atoms with van der Waals surface area (Å²) in [4.78, 5) is 24.5. The van der Waals surface area contributed by atoms with Crippen LogP contribution in [0.25, 0.3) is 0 Å². The van der Waals surface area contributed by atoms with E-state index >= 15 is 0 Å². The molecule has 0 aliphatic carbocycles. The molecule has 2 atom stereocenters. The van der Waals surface area contributed by atoms with Gasteiger partial charge in [0, 0.05) is 12.8 Å². The van der Waals surface area contributed by atoms with Crippen molar-refractivity contribution in [1.29, 1.82) is 0 Å². The van der Waals surface area contributed by atoms with Gasteiger partial charge < -0.3 is 20.3 Å². The molecule has 0 aromatic heterocycles. The highest BCUT2D eigenvalue weighted by molar-refractivity contribution is 5.76. The number of aliphatic hydroxyl groups excluding tert-OH is 2. The van der Waals surface area contributed by atoms with Gasteiger partial charge in [-0.25, -0.2) is 0 Å². The normalized spacial score (nSPS) is 12.7. The summed E-state index contributed by atoms with van der Waals surface area (Å²) in [5.41, 5.74) is 0. The summed E-state index contributed by atoms with van der Waals surface area (Å²) in [6, 6.07) is -0.543. The Bertz CT molecular complexity index is 909. The summed E-state index contributed by atoms with van der Waals surface area (Å²) in [6.07, 6.45) is 59.0. The van der Waals surface area contributed by atoms with Gasteiger partial charge in [-0.15, -0.1) is 0 Å². The van der Waals surface area contributed by atoms with E-state index in [1.807, 2.05) is 0 Å². The van der Waals surface area contributed by atoms with Crippen LogP contribution in [0.4, 0.5) is 0 Å². The third kappa shape index (κ3) is 47.9. The molecule has 0 aromatic rings. The summed E-state index contributed by atoms with van der Waals surface area (Å²) in [5.74, 6) is -0.0398. The minimum Gasteiger partial charge on any atom is -0.466 e. The Kier molecular flexibility index (Phi) is 50.1. The number of unbranched alkanes of at least 4 members (excludes halogenated alkanes) is 38. The first-order valence-corrected chi connectivity index (χ1v) is 27.4. The average molecular weight is 862 g/mol. The second kappa shape index (κ2) is 51.2. The Balaban J connectivity index is 3.39. The van der Waals surface area contributed by atoms with Crippen molar-refractivity contribution in [1.82, 2.24) is 5.32 Å². The number of nitrogens with one attached hydrogen (secondary N) is 1. The molecule has 0 heterocycles. The summed E-state index contributed by atoms with van der Waals surface area (Å²) < 4.78 is 5.47. The molecule has 0 spiro atoms. The quantitative estimate of drug-likeness (QED) is 0.0322. The molecule has 61 heavy (non-hydrogen) atoms. The Morgan fingerprint density at radius 1 is 0.443 bits per heavy atom. The fourth-order valence-electron chi connectivity index (χ4n) is 8.58. The van der Waals surface area contributed by atoms with E-state index in [1.54, 1.807) is 0 Å². The third-order valence-electron chi connectivity index (χ3n) is 12.8. The number of rotatable bonds is 51. The average Bonchev–Trinajstić information content (AvgIpc) is 3.26. The standard InChI is InChI=1S/C55H107NO5/c1-3-5-7-9-11-13-15-17-25-29-33-37-41-45-49-55(60)61-50-46-42-38-34-30-26-23-21-19-18-20-22-24-28-32-36-40-44-48-54(59)56-52(51-57)53(58)47-43-39-35-31-27-16-14-12-10-8-6-4-2/h15,17,52-53,57-58H,3-14,16,18-51H2,1-2H3,(H,56,59)/b17-15-. The molecule has 0 bridgehead atoms. The minimum atomic E-state index is -0.665. The highest BCUT2D eigenvalue weighted by atomic mass is 16.5. The maximum absolute atomic E-state index is 12.4. The number of hydrogen-bond acceptors (Lipinski definition) is 5. The molecular weight excluding hydrogens is 755 g/mol. The summed E-state index contributed by atoms with van der Waals surface area (Å²) in [5, 5.41) is 23.2. The number of aliphatic hydroxyl groups is 2. The van der Waals surface area contributed by atoms with E-state index in [1.165, 1.54) is 225 Å². The van der Waals surface area contributed by atoms with E-state index in [2.05, 4.69) is 31.3 Å². The fraction of sp³-hybridized carbons (Fsp3) is 0.927. The molecule has 362 valence electrons. The minimum absolute atomic E-state index is 0.000979. The van der Waals surface area contributed by atoms with E-state index < -0.39 is 12.1 Å². The lowest BCUT2D eigenvalue weighted by Gasteiger charge is -2.22. The van der Waals surface area contributed by atoms with Gasteiger partial charge in [-0.1, -0.05) is 251 Å². The monoisotopic (exact) mass is 862 g/mol. The first-order chi connectivity index (χ1) is 30.0. The lowest BCUT2D eigenvalue weighted by molar-refractivity contribution is -0.143. The van der Waals surface area contributed by atoms with Crippen LogP contribution in [0.3, 0.4) is 0 Å². The van der Waals surface area contributed by atoms with Gasteiger partial charge in [0.25, 0.3) is 0 Å². The van der Waals surface area contributed by atoms with Gasteiger partial charge in [-0.2, -0.15) is 0 Å². The zero-order valence-corrected chi connectivity index (χ0v) is 41.2. The topological polar surface area (TPSA) is 95.9 Å². The van der Waals surface area contributed by atoms with Crippen molar-refractivity contribution in [2.45, 2.75) is 315 Å². The lowest BCUT2D eigenvalue weighted by atomic mass is 10.0. The molecule has 0 saturated carbocycles. The van der Waals surface area contributed by atoms with Gasteiger partial charge in [-0.3, -0.25) is 9.59 Å². The van der Waals surface area contributed by atoms with Gasteiger partial charge in [-0.05, 0) is 51.4 Å². The van der Waals surface area contributed by atoms with Gasteiger partial charge in [0.2, 0.25) is 5.91 Å². The lowest BCUT2D eigenvalue weighted by Crippen LogP contribution is -2.45. The van der Waals surface area contributed by atoms with Gasteiger partial charge >= 0.3 is 5.97 Å². The Morgan fingerprint density at radius 3 is 1.16 bits per heavy atom. The Labute approximate surface area is 380 Å². The zero-order chi connectivity index (χ0) is 44.4. The highest BCUT2D eigenvalue weighted by Gasteiger charge is 2.20. The molecule has 0 rings (SSSR count). The van der Waals surface area contributed by atoms with E-state index in [-0.39, 0.29) is 18.5 Å². The maximum Gasteiger partial charge on any atom is 0.305 e. The first-order valence-electron chi connectivity index (χ1n) is 27.4. The van der Waals surface area contributed by atoms with Gasteiger partial charge in [0.05, 0.1) is 25.4 Å². The molecule has 1 amide bonds. The van der Waals surface area contributed by atoms with E-state index in [0.717, 1.165) is 44.9 Å². The number of carbonyl (C=O) groups is 2. The number of amides is 1. The van der Waals surface area contributed by atoms with Crippen LogP contribution in [0.5, 0.6) is 0 Å². The molecule has 0 aliphatic rings. The molecular formula is C55H107NO5. The zero-order valence-electron chi connectivity index (χ0n) is 41.2. The van der Waals surface area contributed by atoms with Crippen molar-refractivity contribution >= 4 is 11.9 Å². The predicted octanol–water partition coefficient (Wildman–Crippen LogP) is 16.5. The van der Waals surface area contributed by atoms with Crippen LogP contribution in [0.15, 0.2) is 12.2 Å². The van der Waals surface area contributed by atoms with Crippen molar-refractivity contribution in [2.24, 2.45) is 0 Å². The van der Waals surface area contributed by atoms with Gasteiger partial charge in [0.1, 0.15) is 0 Å². The number of hydrogen-bond donors (Lipinski definition) is 3. The molecule has 6 heteroatoms. The second-order valence-electron chi connectivity index (χ2n) is 18.9. The van der Waals surface area contributed by atoms with Gasteiger partial charge in [0.15, 0.2) is 0 Å². The smallest absolute Gasteiger partial charge is 0.305 e. The van der Waals surface area contributed by atoms with Crippen LogP contribution < -0.4 is 5.32 Å². The molecule has 2 unspecified atom stereocenters. The van der Waals surface area contributed by atoms with Crippen molar-refractivity contribution in [3.63, 3.8) is 0 Å². The number of esters is 1. The summed E-state index contributed by atoms with van der Waals surface area (Å²) in [6.45, 7) is 4.93. The third-order valence-corrected chi connectivity index (χ3v) is 12.8. The maximum atomic E-state index is 12.4. The SMILES string of the molecule is CCCCCCC/C=C\CCCCCCCC(=O)OCCCCCCCCCCCCCCCCCCCCC(=O)NC(CO)C(O)CCCCCCCCCCCCCC. The van der Waals surface area contributed by atoms with Crippen LogP contribution in [0.1, 0.15) is 303 Å². The molecule has 3 N–H and O–H groups in total. The first kappa shape index (κ1) is 59.6. The van der Waals surface area contributed by atoms with Crippen molar-refractivity contribution in [3.05, 3.63) is 12.2 Å². The molecule has 0 radical (unpaired) electrons. The molecule has 0 aromatic carbocycles. The van der Waals surface area contributed by atoms with Crippen LogP contribution in [0.2, 0.25) is 0 Å². The Hall–Kier alpha value is -1.40. The second-order valence-corrected chi connectivity index (χ2v) is 18.9. The van der Waals surface area contributed by atoms with E-state index in [0.29, 0.717) is 25.9 Å². The molecule has 6 nitrogen and oxygen atoms in total. The van der Waals surface area contributed by atoms with E-state index in [9.17, 15) is 19.8 Å². The number of carbonyl (C=O) groups excluding carboxylic acids is 2. The predicted molar refractivity (Wildman–Crippen MR) is 264 cm³/mol. The molecule has 0 fully saturated rings. The number of allylic oxidation sites excluding steroid dienone is 2. The summed E-state index contributed by atoms with van der Waals surface area (Å²) in [7, 11) is 0. The van der Waals surface area contributed by atoms with Crippen LogP contribution in [-0.4, -0.2) is 47.4 Å². The number of ether oxygens (including phenoxy) is 1. The van der Waals surface area contributed by atoms with Crippen molar-refractivity contribution < 1.29 is 24.5 Å². The van der Waals surface area contributed by atoms with E-state index in [4.69, 9.17) is 4.74 Å². The Morgan fingerprint density at radius 2 is 0.770 bits per heavy atom. The largest absolute Gasteiger partial charge is 0.466 e. The van der Waals surface area contributed by atoms with Crippen LogP contribution >= 0.6 is 0 Å². The van der Waals surface area contributed by atoms with Crippen LogP contribution in [-0.2, 0) is 14.3 Å². The fourth-order valence-corrected chi connectivity index (χ4v) is 8.58. The molecule has 0 saturated heterocycles. The van der Waals surface area contributed by atoms with Crippen LogP contribution in [0, 0.1) is 0 Å². The van der Waals surface area contributed by atoms with Crippen molar-refractivity contribution in [2.75, 3.05) is 13.2 Å². The summed E-state index contributed by atoms with van der Waals surface area (Å²) >= 11 is 0.